The summed E-state index contributed by atoms with van der Waals surface area (Å²) in [5.41, 5.74) is 2.09. The third-order valence-electron chi connectivity index (χ3n) is 3.67. The van der Waals surface area contributed by atoms with Gasteiger partial charge in [0.15, 0.2) is 5.76 Å². The summed E-state index contributed by atoms with van der Waals surface area (Å²) in [6, 6.07) is 13.0. The molecule has 7 heteroatoms. The third-order valence-corrected chi connectivity index (χ3v) is 4.23. The number of aryl methyl sites for hydroxylation is 1. The maximum atomic E-state index is 12.5. The van der Waals surface area contributed by atoms with Gasteiger partial charge >= 0.3 is 0 Å². The summed E-state index contributed by atoms with van der Waals surface area (Å²) in [6.07, 6.45) is 1.42. The van der Waals surface area contributed by atoms with Gasteiger partial charge in [-0.05, 0) is 55.0 Å². The molecule has 0 aliphatic rings. The fraction of sp³-hybridized carbons (Fsp3) is 0.0526. The molecular formula is C19H14Cl2N2O3. The first-order valence-electron chi connectivity index (χ1n) is 7.66. The molecule has 0 saturated carbocycles. The molecule has 1 heterocycles. The molecule has 132 valence electrons. The quantitative estimate of drug-likeness (QED) is 0.628. The van der Waals surface area contributed by atoms with Crippen molar-refractivity contribution < 1.29 is 14.0 Å². The minimum absolute atomic E-state index is 0.185. The highest BCUT2D eigenvalue weighted by molar-refractivity contribution is 6.35. The van der Waals surface area contributed by atoms with Crippen LogP contribution in [-0.4, -0.2) is 11.8 Å². The van der Waals surface area contributed by atoms with Gasteiger partial charge in [0.1, 0.15) is 0 Å². The normalized spacial score (nSPS) is 10.4. The fourth-order valence-corrected chi connectivity index (χ4v) is 2.61. The van der Waals surface area contributed by atoms with E-state index in [-0.39, 0.29) is 11.7 Å². The van der Waals surface area contributed by atoms with Crippen LogP contribution in [0.15, 0.2) is 59.2 Å². The predicted octanol–water partition coefficient (Wildman–Crippen LogP) is 5.40. The highest BCUT2D eigenvalue weighted by Crippen LogP contribution is 2.26. The molecule has 26 heavy (non-hydrogen) atoms. The van der Waals surface area contributed by atoms with E-state index < -0.39 is 5.91 Å². The van der Waals surface area contributed by atoms with Gasteiger partial charge in [-0.15, -0.1) is 0 Å². The molecule has 5 nitrogen and oxygen atoms in total. The van der Waals surface area contributed by atoms with Crippen molar-refractivity contribution >= 4 is 46.4 Å². The number of amides is 2. The topological polar surface area (TPSA) is 71.3 Å². The molecule has 0 atom stereocenters. The Morgan fingerprint density at radius 3 is 2.42 bits per heavy atom. The van der Waals surface area contributed by atoms with Crippen LogP contribution in [0.5, 0.6) is 0 Å². The Labute approximate surface area is 159 Å². The highest BCUT2D eigenvalue weighted by atomic mass is 35.5. The van der Waals surface area contributed by atoms with Crippen molar-refractivity contribution in [1.29, 1.82) is 0 Å². The molecule has 2 aromatic carbocycles. The monoisotopic (exact) mass is 388 g/mol. The van der Waals surface area contributed by atoms with E-state index in [1.807, 2.05) is 6.92 Å². The Morgan fingerprint density at radius 1 is 0.923 bits per heavy atom. The zero-order chi connectivity index (χ0) is 18.7. The second-order valence-electron chi connectivity index (χ2n) is 5.54. The van der Waals surface area contributed by atoms with Crippen LogP contribution >= 0.6 is 23.2 Å². The molecular weight excluding hydrogens is 375 g/mol. The molecule has 1 aromatic heterocycles. The number of benzene rings is 2. The lowest BCUT2D eigenvalue weighted by Crippen LogP contribution is -2.15. The summed E-state index contributed by atoms with van der Waals surface area (Å²) < 4.78 is 5.07. The third kappa shape index (κ3) is 4.07. The average Bonchev–Trinajstić information content (AvgIpc) is 3.14. The van der Waals surface area contributed by atoms with Crippen molar-refractivity contribution in [2.45, 2.75) is 6.92 Å². The molecule has 2 N–H and O–H groups in total. The first-order chi connectivity index (χ1) is 12.4. The molecule has 0 saturated heterocycles. The Kier molecular flexibility index (Phi) is 5.30. The number of rotatable bonds is 4. The number of carbonyl (C=O) groups is 2. The molecule has 3 rings (SSSR count). The van der Waals surface area contributed by atoms with Gasteiger partial charge in [0, 0.05) is 16.3 Å². The summed E-state index contributed by atoms with van der Waals surface area (Å²) in [7, 11) is 0. The van der Waals surface area contributed by atoms with E-state index in [1.165, 1.54) is 6.26 Å². The maximum Gasteiger partial charge on any atom is 0.291 e. The van der Waals surface area contributed by atoms with E-state index in [0.717, 1.165) is 5.56 Å². The molecule has 3 aromatic rings. The summed E-state index contributed by atoms with van der Waals surface area (Å²) >= 11 is 12.0. The van der Waals surface area contributed by atoms with Crippen molar-refractivity contribution in [3.63, 3.8) is 0 Å². The zero-order valence-corrected chi connectivity index (χ0v) is 15.2. The van der Waals surface area contributed by atoms with Crippen molar-refractivity contribution in [3.05, 3.63) is 81.7 Å². The number of carbonyl (C=O) groups excluding carboxylic acids is 2. The van der Waals surface area contributed by atoms with E-state index in [0.29, 0.717) is 27.0 Å². The van der Waals surface area contributed by atoms with Gasteiger partial charge in [-0.2, -0.15) is 0 Å². The van der Waals surface area contributed by atoms with E-state index in [9.17, 15) is 9.59 Å². The number of nitrogens with one attached hydrogen (secondary N) is 2. The average molecular weight is 389 g/mol. The number of furan rings is 1. The number of hydrogen-bond donors (Lipinski definition) is 2. The summed E-state index contributed by atoms with van der Waals surface area (Å²) in [5, 5.41) is 6.28. The Hall–Kier alpha value is -2.76. The zero-order valence-electron chi connectivity index (χ0n) is 13.7. The molecule has 0 unspecified atom stereocenters. The van der Waals surface area contributed by atoms with Gasteiger partial charge in [-0.1, -0.05) is 29.3 Å². The molecule has 0 radical (unpaired) electrons. The number of halogens is 2. The summed E-state index contributed by atoms with van der Waals surface area (Å²) in [6.45, 7) is 1.83. The second-order valence-corrected chi connectivity index (χ2v) is 6.38. The van der Waals surface area contributed by atoms with Crippen molar-refractivity contribution in [2.24, 2.45) is 0 Å². The molecule has 0 aliphatic heterocycles. The van der Waals surface area contributed by atoms with Crippen LogP contribution in [-0.2, 0) is 0 Å². The lowest BCUT2D eigenvalue weighted by molar-refractivity contribution is 0.0993. The van der Waals surface area contributed by atoms with Gasteiger partial charge in [-0.25, -0.2) is 0 Å². The van der Waals surface area contributed by atoms with Gasteiger partial charge in [0.2, 0.25) is 0 Å². The van der Waals surface area contributed by atoms with Gasteiger partial charge in [0.05, 0.1) is 17.0 Å². The van der Waals surface area contributed by atoms with Gasteiger partial charge in [0.25, 0.3) is 11.8 Å². The van der Waals surface area contributed by atoms with Crippen LogP contribution in [0.2, 0.25) is 10.0 Å². The standard InChI is InChI=1S/C19H14Cl2N2O3/c1-11-4-5-12(9-15(11)22-19(25)17-3-2-8-26-17)18(24)23-16-10-13(20)6-7-14(16)21/h2-10H,1H3,(H,22,25)(H,23,24). The van der Waals surface area contributed by atoms with Crippen molar-refractivity contribution in [3.8, 4) is 0 Å². The van der Waals surface area contributed by atoms with E-state index in [2.05, 4.69) is 10.6 Å². The summed E-state index contributed by atoms with van der Waals surface area (Å²) in [5.74, 6) is -0.582. The van der Waals surface area contributed by atoms with Crippen LogP contribution in [0.4, 0.5) is 11.4 Å². The van der Waals surface area contributed by atoms with E-state index in [1.54, 1.807) is 48.5 Å². The largest absolute Gasteiger partial charge is 0.459 e. The molecule has 2 amide bonds. The number of hydrogen-bond acceptors (Lipinski definition) is 3. The molecule has 0 spiro atoms. The van der Waals surface area contributed by atoms with Crippen molar-refractivity contribution in [1.82, 2.24) is 0 Å². The highest BCUT2D eigenvalue weighted by Gasteiger charge is 2.14. The lowest BCUT2D eigenvalue weighted by atomic mass is 10.1. The maximum absolute atomic E-state index is 12.5. The lowest BCUT2D eigenvalue weighted by Gasteiger charge is -2.11. The van der Waals surface area contributed by atoms with Crippen LogP contribution in [0.1, 0.15) is 26.5 Å². The Morgan fingerprint density at radius 2 is 1.69 bits per heavy atom. The minimum atomic E-state index is -0.395. The van der Waals surface area contributed by atoms with Crippen LogP contribution in [0.3, 0.4) is 0 Å². The minimum Gasteiger partial charge on any atom is -0.459 e. The van der Waals surface area contributed by atoms with Crippen LogP contribution in [0, 0.1) is 6.92 Å². The Bertz CT molecular complexity index is 969. The van der Waals surface area contributed by atoms with E-state index in [4.69, 9.17) is 27.6 Å². The Balaban J connectivity index is 1.81. The SMILES string of the molecule is Cc1ccc(C(=O)Nc2cc(Cl)ccc2Cl)cc1NC(=O)c1ccco1. The first-order valence-corrected chi connectivity index (χ1v) is 8.41. The molecule has 0 fully saturated rings. The molecule has 0 bridgehead atoms. The second kappa shape index (κ2) is 7.64. The first kappa shape index (κ1) is 18.0. The fourth-order valence-electron chi connectivity index (χ4n) is 2.28. The van der Waals surface area contributed by atoms with Crippen LogP contribution < -0.4 is 10.6 Å². The summed E-state index contributed by atoms with van der Waals surface area (Å²) in [4.78, 5) is 24.7. The van der Waals surface area contributed by atoms with Crippen LogP contribution in [0.25, 0.3) is 0 Å². The van der Waals surface area contributed by atoms with Gasteiger partial charge in [-0.3, -0.25) is 9.59 Å². The van der Waals surface area contributed by atoms with Gasteiger partial charge < -0.3 is 15.1 Å². The molecule has 0 aliphatic carbocycles. The smallest absolute Gasteiger partial charge is 0.291 e. The van der Waals surface area contributed by atoms with E-state index >= 15 is 0 Å². The van der Waals surface area contributed by atoms with Crippen molar-refractivity contribution in [2.75, 3.05) is 10.6 Å². The number of anilines is 2. The predicted molar refractivity (Wildman–Crippen MR) is 102 cm³/mol.